The Morgan fingerprint density at radius 2 is 1.77 bits per heavy atom. The van der Waals surface area contributed by atoms with Crippen LogP contribution >= 0.6 is 0 Å². The summed E-state index contributed by atoms with van der Waals surface area (Å²) < 4.78 is 11.3. The average molecular weight is 407 g/mol. The molecule has 0 unspecified atom stereocenters. The van der Waals surface area contributed by atoms with Crippen LogP contribution in [0.15, 0.2) is 53.7 Å². The molecule has 0 spiro atoms. The van der Waals surface area contributed by atoms with Gasteiger partial charge in [0.15, 0.2) is 0 Å². The van der Waals surface area contributed by atoms with Gasteiger partial charge in [0.1, 0.15) is 17.2 Å². The number of methoxy groups -OCH3 is 1. The van der Waals surface area contributed by atoms with Crippen LogP contribution in [0, 0.1) is 0 Å². The number of benzene rings is 2. The molecule has 4 rings (SSSR count). The van der Waals surface area contributed by atoms with Crippen molar-refractivity contribution in [1.29, 1.82) is 0 Å². The van der Waals surface area contributed by atoms with Crippen LogP contribution in [-0.2, 0) is 6.42 Å². The summed E-state index contributed by atoms with van der Waals surface area (Å²) in [5.74, 6) is 1.70. The van der Waals surface area contributed by atoms with Crippen molar-refractivity contribution in [2.45, 2.75) is 32.1 Å². The lowest BCUT2D eigenvalue weighted by atomic mass is 9.87. The Hall–Kier alpha value is -2.79. The second kappa shape index (κ2) is 9.81. The monoisotopic (exact) mass is 406 g/mol. The summed E-state index contributed by atoms with van der Waals surface area (Å²) in [4.78, 5) is 2.54. The molecule has 2 aromatic carbocycles. The zero-order valence-electron chi connectivity index (χ0n) is 17.6. The van der Waals surface area contributed by atoms with Crippen molar-refractivity contribution in [2.75, 3.05) is 33.4 Å². The second-order valence-corrected chi connectivity index (χ2v) is 7.98. The number of piperidine rings is 1. The highest BCUT2D eigenvalue weighted by atomic mass is 16.5. The van der Waals surface area contributed by atoms with Gasteiger partial charge in [0, 0.05) is 12.1 Å². The Balaban J connectivity index is 1.36. The minimum Gasteiger partial charge on any atom is -0.497 e. The molecular formula is C25H30N2O3. The van der Waals surface area contributed by atoms with Crippen LogP contribution < -0.4 is 9.47 Å². The smallest absolute Gasteiger partial charge is 0.119 e. The van der Waals surface area contributed by atoms with E-state index in [1.807, 2.05) is 36.4 Å². The van der Waals surface area contributed by atoms with Gasteiger partial charge in [-0.15, -0.1) is 0 Å². The van der Waals surface area contributed by atoms with Crippen LogP contribution in [0.4, 0.5) is 0 Å². The van der Waals surface area contributed by atoms with Crippen LogP contribution in [0.25, 0.3) is 5.57 Å². The van der Waals surface area contributed by atoms with Gasteiger partial charge >= 0.3 is 0 Å². The highest BCUT2D eigenvalue weighted by Gasteiger charge is 2.18. The molecule has 1 aliphatic heterocycles. The van der Waals surface area contributed by atoms with E-state index in [2.05, 4.69) is 22.2 Å². The van der Waals surface area contributed by atoms with Crippen molar-refractivity contribution >= 4 is 11.3 Å². The number of rotatable bonds is 7. The van der Waals surface area contributed by atoms with E-state index in [4.69, 9.17) is 9.47 Å². The maximum absolute atomic E-state index is 9.48. The Bertz CT molecular complexity index is 912. The van der Waals surface area contributed by atoms with Gasteiger partial charge < -0.3 is 19.6 Å². The van der Waals surface area contributed by atoms with Gasteiger partial charge in [-0.2, -0.15) is 0 Å². The number of allylic oxidation sites excluding steroid dienone is 2. The van der Waals surface area contributed by atoms with Crippen molar-refractivity contribution < 1.29 is 14.7 Å². The summed E-state index contributed by atoms with van der Waals surface area (Å²) in [6.07, 6.45) is 7.81. The Morgan fingerprint density at radius 1 is 1.00 bits per heavy atom. The number of hydrogen-bond donors (Lipinski definition) is 1. The number of oxime groups is 1. The van der Waals surface area contributed by atoms with E-state index in [1.165, 1.54) is 32.4 Å². The van der Waals surface area contributed by atoms with Gasteiger partial charge in [0.05, 0.1) is 13.7 Å². The van der Waals surface area contributed by atoms with Gasteiger partial charge in [0.25, 0.3) is 0 Å². The van der Waals surface area contributed by atoms with E-state index in [1.54, 1.807) is 7.11 Å². The van der Waals surface area contributed by atoms with E-state index < -0.39 is 0 Å². The molecule has 5 heteroatoms. The van der Waals surface area contributed by atoms with Crippen molar-refractivity contribution in [3.05, 3.63) is 65.2 Å². The third-order valence-corrected chi connectivity index (χ3v) is 5.95. The topological polar surface area (TPSA) is 54.3 Å². The summed E-state index contributed by atoms with van der Waals surface area (Å²) in [5, 5.41) is 13.0. The summed E-state index contributed by atoms with van der Waals surface area (Å²) in [5.41, 5.74) is 4.82. The van der Waals surface area contributed by atoms with Crippen LogP contribution in [-0.4, -0.2) is 49.2 Å². The maximum atomic E-state index is 9.48. The first-order chi connectivity index (χ1) is 14.8. The summed E-state index contributed by atoms with van der Waals surface area (Å²) in [7, 11) is 1.66. The molecule has 0 aromatic heterocycles. The molecule has 1 saturated heterocycles. The zero-order valence-corrected chi connectivity index (χ0v) is 17.6. The summed E-state index contributed by atoms with van der Waals surface area (Å²) in [6, 6.07) is 14.0. The number of likely N-dealkylation sites (tertiary alicyclic amines) is 1. The van der Waals surface area contributed by atoms with Gasteiger partial charge in [-0.1, -0.05) is 23.7 Å². The number of fused-ring (bicyclic) bond motifs is 1. The molecule has 2 aliphatic rings. The van der Waals surface area contributed by atoms with Crippen molar-refractivity contribution in [3.63, 3.8) is 0 Å². The van der Waals surface area contributed by atoms with Gasteiger partial charge in [-0.25, -0.2) is 0 Å². The minimum atomic E-state index is 0.576. The first kappa shape index (κ1) is 20.5. The molecule has 30 heavy (non-hydrogen) atoms. The van der Waals surface area contributed by atoms with E-state index in [9.17, 15) is 5.21 Å². The van der Waals surface area contributed by atoms with Gasteiger partial charge in [0.2, 0.25) is 0 Å². The number of hydrogen-bond acceptors (Lipinski definition) is 5. The largest absolute Gasteiger partial charge is 0.497 e. The predicted molar refractivity (Wildman–Crippen MR) is 120 cm³/mol. The van der Waals surface area contributed by atoms with Crippen molar-refractivity contribution in [3.8, 4) is 11.5 Å². The number of nitrogens with zero attached hydrogens (tertiary/aromatic N) is 2. The Morgan fingerprint density at radius 3 is 2.50 bits per heavy atom. The third kappa shape index (κ3) is 4.85. The lowest BCUT2D eigenvalue weighted by Crippen LogP contribution is -2.31. The Labute approximate surface area is 178 Å². The van der Waals surface area contributed by atoms with Gasteiger partial charge in [-0.05, 0) is 91.9 Å². The molecule has 2 aromatic rings. The number of ether oxygens (including phenoxy) is 2. The Kier molecular flexibility index (Phi) is 6.70. The first-order valence-electron chi connectivity index (χ1n) is 10.8. The standard InChI is InChI=1S/C25H30N2O3/c1-29-23-10-11-24-21(17-23)16-20(18-25(24)26-28)19-6-8-22(9-7-19)30-15-5-14-27-12-3-2-4-13-27/h6-11,17-18,28H,2-5,12-16H2,1H3/b26-25+. The van der Waals surface area contributed by atoms with Crippen LogP contribution in [0.2, 0.25) is 0 Å². The predicted octanol–water partition coefficient (Wildman–Crippen LogP) is 4.77. The molecule has 5 nitrogen and oxygen atoms in total. The highest BCUT2D eigenvalue weighted by molar-refractivity contribution is 6.15. The first-order valence-corrected chi connectivity index (χ1v) is 10.8. The average Bonchev–Trinajstić information content (AvgIpc) is 2.81. The fraction of sp³-hybridized carbons (Fsp3) is 0.400. The highest BCUT2D eigenvalue weighted by Crippen LogP contribution is 2.31. The molecule has 1 heterocycles. The quantitative estimate of drug-likeness (QED) is 0.409. The van der Waals surface area contributed by atoms with Crippen LogP contribution in [0.5, 0.6) is 11.5 Å². The molecule has 0 amide bonds. The SMILES string of the molecule is COc1ccc2c(c1)CC(c1ccc(OCCCN3CCCCC3)cc1)=C/C2=N\O. The normalized spacial score (nSPS) is 18.0. The van der Waals surface area contributed by atoms with E-state index >= 15 is 0 Å². The molecular weight excluding hydrogens is 376 g/mol. The van der Waals surface area contributed by atoms with E-state index in [-0.39, 0.29) is 0 Å². The lowest BCUT2D eigenvalue weighted by Gasteiger charge is -2.26. The molecule has 1 fully saturated rings. The van der Waals surface area contributed by atoms with Gasteiger partial charge in [-0.3, -0.25) is 0 Å². The molecule has 0 saturated carbocycles. The third-order valence-electron chi connectivity index (χ3n) is 5.95. The molecule has 0 atom stereocenters. The van der Waals surface area contributed by atoms with E-state index in [0.717, 1.165) is 59.8 Å². The fourth-order valence-electron chi connectivity index (χ4n) is 4.29. The second-order valence-electron chi connectivity index (χ2n) is 7.98. The molecule has 1 N–H and O–H groups in total. The maximum Gasteiger partial charge on any atom is 0.119 e. The zero-order chi connectivity index (χ0) is 20.8. The molecule has 0 radical (unpaired) electrons. The fourth-order valence-corrected chi connectivity index (χ4v) is 4.29. The summed E-state index contributed by atoms with van der Waals surface area (Å²) in [6.45, 7) is 4.33. The van der Waals surface area contributed by atoms with E-state index in [0.29, 0.717) is 5.71 Å². The van der Waals surface area contributed by atoms with Crippen LogP contribution in [0.1, 0.15) is 42.4 Å². The molecule has 0 bridgehead atoms. The van der Waals surface area contributed by atoms with Crippen molar-refractivity contribution in [2.24, 2.45) is 5.16 Å². The summed E-state index contributed by atoms with van der Waals surface area (Å²) >= 11 is 0. The minimum absolute atomic E-state index is 0.576. The van der Waals surface area contributed by atoms with Crippen LogP contribution in [0.3, 0.4) is 0 Å². The lowest BCUT2D eigenvalue weighted by molar-refractivity contribution is 0.205. The molecule has 1 aliphatic carbocycles. The molecule has 158 valence electrons. The van der Waals surface area contributed by atoms with Crippen molar-refractivity contribution in [1.82, 2.24) is 4.90 Å².